The van der Waals surface area contributed by atoms with E-state index in [0.29, 0.717) is 26.1 Å². The highest BCUT2D eigenvalue weighted by Crippen LogP contribution is 2.58. The quantitative estimate of drug-likeness (QED) is 0.353. The number of nitrogens with zero attached hydrogens (tertiary/aromatic N) is 2. The molecule has 0 aliphatic carbocycles. The van der Waals surface area contributed by atoms with Gasteiger partial charge in [0.2, 0.25) is 0 Å². The van der Waals surface area contributed by atoms with Crippen LogP contribution >= 0.6 is 14.9 Å². The maximum atomic E-state index is 13.4. The lowest BCUT2D eigenvalue weighted by Crippen LogP contribution is -2.32. The van der Waals surface area contributed by atoms with Gasteiger partial charge in [0.15, 0.2) is 7.29 Å². The number of ether oxygens (including phenoxy) is 1. The van der Waals surface area contributed by atoms with Crippen LogP contribution in [0, 0.1) is 11.3 Å². The average Bonchev–Trinajstić information content (AvgIpc) is 2.55. The second-order valence-corrected chi connectivity index (χ2v) is 12.4. The van der Waals surface area contributed by atoms with Crippen molar-refractivity contribution in [3.8, 4) is 6.07 Å². The largest absolute Gasteiger partial charge is 0.379 e. The van der Waals surface area contributed by atoms with Crippen LogP contribution in [0.3, 0.4) is 0 Å². The van der Waals surface area contributed by atoms with Crippen LogP contribution in [0.4, 0.5) is 0 Å². The molecule has 0 aromatic carbocycles. The van der Waals surface area contributed by atoms with E-state index in [1.54, 1.807) is 0 Å². The number of nitriles is 1. The first-order valence-electron chi connectivity index (χ1n) is 8.18. The van der Waals surface area contributed by atoms with Gasteiger partial charge in [0.25, 0.3) is 0 Å². The minimum absolute atomic E-state index is 0.0124. The zero-order valence-corrected chi connectivity index (χ0v) is 17.5. The van der Waals surface area contributed by atoms with Crippen molar-refractivity contribution in [1.82, 2.24) is 4.67 Å². The Morgan fingerprint density at radius 2 is 1.54 bits per heavy atom. The molecule has 0 radical (unpaired) electrons. The van der Waals surface area contributed by atoms with E-state index in [2.05, 4.69) is 6.07 Å². The zero-order valence-electron chi connectivity index (χ0n) is 15.7. The van der Waals surface area contributed by atoms with Crippen molar-refractivity contribution in [2.75, 3.05) is 46.7 Å². The predicted molar refractivity (Wildman–Crippen MR) is 97.0 cm³/mol. The molecule has 0 atom stereocenters. The van der Waals surface area contributed by atoms with Crippen molar-refractivity contribution >= 4 is 14.9 Å². The van der Waals surface area contributed by atoms with Crippen molar-refractivity contribution in [2.24, 2.45) is 0 Å². The fraction of sp³-hybridized carbons (Fsp3) is 0.933. The lowest BCUT2D eigenvalue weighted by Gasteiger charge is -2.37. The molecular formula is C15H32N2O5P2. The highest BCUT2D eigenvalue weighted by molar-refractivity contribution is 7.62. The van der Waals surface area contributed by atoms with E-state index in [1.807, 2.05) is 32.4 Å². The molecule has 0 N–H and O–H groups in total. The summed E-state index contributed by atoms with van der Waals surface area (Å²) in [6.07, 6.45) is 0.496. The molecule has 0 rings (SSSR count). The van der Waals surface area contributed by atoms with Crippen LogP contribution in [0.2, 0.25) is 0 Å². The molecule has 0 aromatic heterocycles. The third-order valence-corrected chi connectivity index (χ3v) is 10.0. The number of hydrogen-bond acceptors (Lipinski definition) is 6. The van der Waals surface area contributed by atoms with E-state index in [0.717, 1.165) is 0 Å². The molecule has 9 heteroatoms. The summed E-state index contributed by atoms with van der Waals surface area (Å²) in [5.41, 5.74) is 0.0248. The molecule has 0 heterocycles. The van der Waals surface area contributed by atoms with E-state index < -0.39 is 14.9 Å². The highest BCUT2D eigenvalue weighted by Gasteiger charge is 2.36. The molecule has 0 fully saturated rings. The van der Waals surface area contributed by atoms with Crippen LogP contribution in [0.15, 0.2) is 0 Å². The normalized spacial score (nSPS) is 13.0. The first-order valence-corrected chi connectivity index (χ1v) is 11.7. The molecule has 0 aromatic rings. The molecule has 0 saturated heterocycles. The van der Waals surface area contributed by atoms with Crippen LogP contribution < -0.4 is 0 Å². The maximum Gasteiger partial charge on any atom is 0.332 e. The van der Waals surface area contributed by atoms with Gasteiger partial charge in [-0.1, -0.05) is 27.7 Å². The fourth-order valence-electron chi connectivity index (χ4n) is 2.56. The second kappa shape index (κ2) is 11.4. The Bertz CT molecular complexity index is 471. The highest BCUT2D eigenvalue weighted by atomic mass is 31.2. The summed E-state index contributed by atoms with van der Waals surface area (Å²) < 4.78 is 42.4. The Morgan fingerprint density at radius 1 is 1.00 bits per heavy atom. The van der Waals surface area contributed by atoms with Gasteiger partial charge in [0.05, 0.1) is 25.4 Å². The maximum absolute atomic E-state index is 13.4. The minimum atomic E-state index is -3.06. The van der Waals surface area contributed by atoms with Crippen LogP contribution in [-0.2, 0) is 22.9 Å². The Hall–Kier alpha value is -0.210. The predicted octanol–water partition coefficient (Wildman–Crippen LogP) is 3.80. The Morgan fingerprint density at radius 3 is 1.96 bits per heavy atom. The van der Waals surface area contributed by atoms with Crippen LogP contribution in [-0.4, -0.2) is 62.7 Å². The van der Waals surface area contributed by atoms with Gasteiger partial charge in [-0.2, -0.15) is 5.26 Å². The molecule has 7 nitrogen and oxygen atoms in total. The molecular weight excluding hydrogens is 350 g/mol. The zero-order chi connectivity index (χ0) is 18.8. The van der Waals surface area contributed by atoms with E-state index in [4.69, 9.17) is 19.0 Å². The topological polar surface area (TPSA) is 88.9 Å². The van der Waals surface area contributed by atoms with Crippen LogP contribution in [0.25, 0.3) is 0 Å². The molecule has 142 valence electrons. The Kier molecular flexibility index (Phi) is 11.3. The first-order chi connectivity index (χ1) is 11.2. The SMILES string of the molecule is COP(=O)(CCOCCN(CCC#N)P(=O)(C(C)C)C(C)C)OC. The lowest BCUT2D eigenvalue weighted by atomic mass is 10.4. The van der Waals surface area contributed by atoms with Crippen molar-refractivity contribution in [2.45, 2.75) is 45.4 Å². The summed E-state index contributed by atoms with van der Waals surface area (Å²) in [7, 11) is -2.98. The van der Waals surface area contributed by atoms with E-state index in [9.17, 15) is 9.13 Å². The van der Waals surface area contributed by atoms with Gasteiger partial charge in [-0.3, -0.25) is 4.57 Å². The third-order valence-electron chi connectivity index (χ3n) is 3.96. The molecule has 0 aliphatic rings. The van der Waals surface area contributed by atoms with Crippen LogP contribution in [0.1, 0.15) is 34.1 Å². The molecule has 0 unspecified atom stereocenters. The Labute approximate surface area is 146 Å². The van der Waals surface area contributed by atoms with Crippen molar-refractivity contribution in [1.29, 1.82) is 5.26 Å². The standard InChI is InChI=1S/C15H32N2O5P2/c1-14(2)24(19,15(3)4)17(9-7-8-16)10-11-22-12-13-23(18,20-5)21-6/h14-15H,7,9-13H2,1-6H3. The monoisotopic (exact) mass is 382 g/mol. The van der Waals surface area contributed by atoms with E-state index in [1.165, 1.54) is 14.2 Å². The molecule has 24 heavy (non-hydrogen) atoms. The second-order valence-electron chi connectivity index (χ2n) is 6.03. The van der Waals surface area contributed by atoms with Gasteiger partial charge in [0, 0.05) is 45.0 Å². The van der Waals surface area contributed by atoms with Gasteiger partial charge < -0.3 is 18.3 Å². The smallest absolute Gasteiger partial charge is 0.332 e. The fourth-order valence-corrected chi connectivity index (χ4v) is 6.73. The van der Waals surface area contributed by atoms with Crippen molar-refractivity contribution in [3.63, 3.8) is 0 Å². The van der Waals surface area contributed by atoms with Gasteiger partial charge >= 0.3 is 7.60 Å². The lowest BCUT2D eigenvalue weighted by molar-refractivity contribution is 0.130. The summed E-state index contributed by atoms with van der Waals surface area (Å²) in [6.45, 7) is 9.33. The van der Waals surface area contributed by atoms with Gasteiger partial charge in [0.1, 0.15) is 0 Å². The Balaban J connectivity index is 4.69. The molecule has 0 bridgehead atoms. The van der Waals surface area contributed by atoms with Gasteiger partial charge in [-0.25, -0.2) is 4.67 Å². The van der Waals surface area contributed by atoms with Gasteiger partial charge in [-0.05, 0) is 0 Å². The van der Waals surface area contributed by atoms with E-state index >= 15 is 0 Å². The van der Waals surface area contributed by atoms with Crippen molar-refractivity contribution in [3.05, 3.63) is 0 Å². The average molecular weight is 382 g/mol. The summed E-state index contributed by atoms with van der Waals surface area (Å²) in [5, 5.41) is 8.86. The molecule has 0 aliphatic heterocycles. The van der Waals surface area contributed by atoms with Gasteiger partial charge in [-0.15, -0.1) is 0 Å². The summed E-state index contributed by atoms with van der Waals surface area (Å²) >= 11 is 0. The van der Waals surface area contributed by atoms with Crippen LogP contribution in [0.5, 0.6) is 0 Å². The summed E-state index contributed by atoms with van der Waals surface area (Å²) in [4.78, 5) is 0. The summed E-state index contributed by atoms with van der Waals surface area (Å²) in [6, 6.07) is 2.11. The minimum Gasteiger partial charge on any atom is -0.379 e. The first kappa shape index (κ1) is 23.8. The molecule has 0 saturated carbocycles. The molecule has 0 amide bonds. The molecule has 0 spiro atoms. The number of rotatable bonds is 13. The number of hydrogen-bond donors (Lipinski definition) is 0. The third kappa shape index (κ3) is 6.96. The summed E-state index contributed by atoms with van der Waals surface area (Å²) in [5.74, 6) is 0. The van der Waals surface area contributed by atoms with Crippen molar-refractivity contribution < 1.29 is 22.9 Å². The van der Waals surface area contributed by atoms with E-state index in [-0.39, 0.29) is 24.1 Å².